The Hall–Kier alpha value is -1.99. The van der Waals surface area contributed by atoms with Crippen LogP contribution in [-0.4, -0.2) is 28.7 Å². The summed E-state index contributed by atoms with van der Waals surface area (Å²) in [5.41, 5.74) is 0.151. The maximum absolute atomic E-state index is 13.5. The first-order valence-electron chi connectivity index (χ1n) is 6.72. The molecular weight excluding hydrogens is 345 g/mol. The molecule has 23 heavy (non-hydrogen) atoms. The van der Waals surface area contributed by atoms with Gasteiger partial charge in [-0.25, -0.2) is 12.8 Å². The number of benzene rings is 2. The smallest absolute Gasteiger partial charge is 0.268 e. The van der Waals surface area contributed by atoms with Gasteiger partial charge in [0.05, 0.1) is 19.3 Å². The minimum Gasteiger partial charge on any atom is -0.495 e. The van der Waals surface area contributed by atoms with Gasteiger partial charge < -0.3 is 9.47 Å². The van der Waals surface area contributed by atoms with Crippen molar-refractivity contribution in [3.8, 4) is 11.5 Å². The first-order chi connectivity index (χ1) is 10.9. The summed E-state index contributed by atoms with van der Waals surface area (Å²) in [5, 5.41) is 0.261. The zero-order valence-corrected chi connectivity index (χ0v) is 13.7. The van der Waals surface area contributed by atoms with Crippen LogP contribution in [-0.2, 0) is 10.0 Å². The van der Waals surface area contributed by atoms with E-state index >= 15 is 0 Å². The van der Waals surface area contributed by atoms with Crippen molar-refractivity contribution in [1.82, 2.24) is 0 Å². The van der Waals surface area contributed by atoms with Crippen molar-refractivity contribution >= 4 is 27.3 Å². The Morgan fingerprint density at radius 1 is 1.26 bits per heavy atom. The molecule has 0 aromatic heterocycles. The molecule has 0 spiro atoms. The van der Waals surface area contributed by atoms with Crippen LogP contribution in [0.15, 0.2) is 41.3 Å². The van der Waals surface area contributed by atoms with E-state index in [0.29, 0.717) is 5.75 Å². The minimum absolute atomic E-state index is 0.0639. The van der Waals surface area contributed by atoms with Gasteiger partial charge in [-0.15, -0.1) is 0 Å². The van der Waals surface area contributed by atoms with Crippen molar-refractivity contribution in [2.75, 3.05) is 24.6 Å². The summed E-state index contributed by atoms with van der Waals surface area (Å²) < 4.78 is 51.2. The number of sulfonamides is 1. The van der Waals surface area contributed by atoms with Gasteiger partial charge in [-0.2, -0.15) is 0 Å². The molecule has 0 bridgehead atoms. The number of methoxy groups -OCH3 is 1. The highest BCUT2D eigenvalue weighted by Gasteiger charge is 2.32. The second-order valence-corrected chi connectivity index (χ2v) is 7.10. The zero-order valence-electron chi connectivity index (χ0n) is 12.1. The molecule has 5 nitrogen and oxygen atoms in total. The lowest BCUT2D eigenvalue weighted by Gasteiger charge is -2.30. The number of halogens is 2. The summed E-state index contributed by atoms with van der Waals surface area (Å²) in [5.74, 6) is -0.0754. The zero-order chi connectivity index (χ0) is 16.6. The Labute approximate surface area is 138 Å². The van der Waals surface area contributed by atoms with E-state index in [-0.39, 0.29) is 34.5 Å². The Morgan fingerprint density at radius 3 is 2.78 bits per heavy atom. The molecular formula is C15H13ClFNO4S. The third kappa shape index (κ3) is 2.82. The lowest BCUT2D eigenvalue weighted by Crippen LogP contribution is -2.38. The Balaban J connectivity index is 2.16. The van der Waals surface area contributed by atoms with Crippen LogP contribution in [0.2, 0.25) is 5.02 Å². The third-order valence-corrected chi connectivity index (χ3v) is 5.50. The van der Waals surface area contributed by atoms with Crippen LogP contribution in [0.1, 0.15) is 0 Å². The van der Waals surface area contributed by atoms with Gasteiger partial charge in [-0.05, 0) is 30.3 Å². The van der Waals surface area contributed by atoms with Crippen LogP contribution in [0, 0.1) is 5.82 Å². The highest BCUT2D eigenvalue weighted by Crippen LogP contribution is 2.38. The number of anilines is 1. The second-order valence-electron chi connectivity index (χ2n) is 4.83. The molecule has 1 aliphatic heterocycles. The van der Waals surface area contributed by atoms with E-state index in [9.17, 15) is 12.8 Å². The first kappa shape index (κ1) is 15.9. The molecule has 0 radical (unpaired) electrons. The van der Waals surface area contributed by atoms with Crippen LogP contribution >= 0.6 is 11.6 Å². The Kier molecular flexibility index (Phi) is 4.08. The van der Waals surface area contributed by atoms with Crippen LogP contribution in [0.5, 0.6) is 11.5 Å². The van der Waals surface area contributed by atoms with E-state index in [1.54, 1.807) is 0 Å². The van der Waals surface area contributed by atoms with Gasteiger partial charge in [0, 0.05) is 11.1 Å². The van der Waals surface area contributed by atoms with Crippen molar-refractivity contribution in [3.05, 3.63) is 47.2 Å². The SMILES string of the molecule is COc1ccc(Cl)cc1S(=O)(=O)N1CCOc2ccc(F)cc21. The first-order valence-corrected chi connectivity index (χ1v) is 8.54. The molecule has 0 amide bonds. The number of rotatable bonds is 3. The molecule has 0 atom stereocenters. The summed E-state index contributed by atoms with van der Waals surface area (Å²) in [6.45, 7) is 0.231. The predicted octanol–water partition coefficient (Wildman–Crippen LogP) is 3.08. The van der Waals surface area contributed by atoms with Crippen molar-refractivity contribution in [2.24, 2.45) is 0 Å². The largest absolute Gasteiger partial charge is 0.495 e. The third-order valence-electron chi connectivity index (χ3n) is 3.44. The predicted molar refractivity (Wildman–Crippen MR) is 84.4 cm³/mol. The molecule has 0 aliphatic carbocycles. The van der Waals surface area contributed by atoms with Crippen LogP contribution in [0.4, 0.5) is 10.1 Å². The minimum atomic E-state index is -3.98. The molecule has 0 N–H and O–H groups in total. The number of ether oxygens (including phenoxy) is 2. The molecule has 3 rings (SSSR count). The standard InChI is InChI=1S/C15H13ClFNO4S/c1-21-14-4-2-10(16)8-15(14)23(19,20)18-6-7-22-13-5-3-11(17)9-12(13)18/h2-5,8-9H,6-7H2,1H3. The van der Waals surface area contributed by atoms with Crippen LogP contribution in [0.25, 0.3) is 0 Å². The van der Waals surface area contributed by atoms with Crippen molar-refractivity contribution in [2.45, 2.75) is 4.90 Å². The maximum Gasteiger partial charge on any atom is 0.268 e. The summed E-state index contributed by atoms with van der Waals surface area (Å²) in [4.78, 5) is -0.0791. The molecule has 0 saturated carbocycles. The van der Waals surface area contributed by atoms with Gasteiger partial charge in [-0.1, -0.05) is 11.6 Å². The summed E-state index contributed by atoms with van der Waals surface area (Å²) in [7, 11) is -2.61. The van der Waals surface area contributed by atoms with Gasteiger partial charge >= 0.3 is 0 Å². The summed E-state index contributed by atoms with van der Waals surface area (Å²) in [6, 6.07) is 8.07. The van der Waals surface area contributed by atoms with Crippen molar-refractivity contribution < 1.29 is 22.3 Å². The van der Waals surface area contributed by atoms with E-state index in [1.165, 1.54) is 37.4 Å². The van der Waals surface area contributed by atoms with E-state index in [2.05, 4.69) is 0 Å². The highest BCUT2D eigenvalue weighted by atomic mass is 35.5. The number of nitrogens with zero attached hydrogens (tertiary/aromatic N) is 1. The van der Waals surface area contributed by atoms with Crippen LogP contribution in [0.3, 0.4) is 0 Å². The topological polar surface area (TPSA) is 55.8 Å². The lowest BCUT2D eigenvalue weighted by atomic mass is 10.2. The van der Waals surface area contributed by atoms with Crippen molar-refractivity contribution in [3.63, 3.8) is 0 Å². The van der Waals surface area contributed by atoms with Gasteiger partial charge in [0.15, 0.2) is 0 Å². The Morgan fingerprint density at radius 2 is 2.04 bits per heavy atom. The van der Waals surface area contributed by atoms with Gasteiger partial charge in [0.1, 0.15) is 28.8 Å². The van der Waals surface area contributed by atoms with E-state index in [4.69, 9.17) is 21.1 Å². The highest BCUT2D eigenvalue weighted by molar-refractivity contribution is 7.93. The monoisotopic (exact) mass is 357 g/mol. The molecule has 0 unspecified atom stereocenters. The molecule has 0 fully saturated rings. The number of fused-ring (bicyclic) bond motifs is 1. The summed E-state index contributed by atoms with van der Waals surface area (Å²) >= 11 is 5.92. The second kappa shape index (κ2) is 5.90. The lowest BCUT2D eigenvalue weighted by molar-refractivity contribution is 0.315. The molecule has 1 heterocycles. The fourth-order valence-electron chi connectivity index (χ4n) is 2.39. The van der Waals surface area contributed by atoms with E-state index in [0.717, 1.165) is 10.4 Å². The molecule has 122 valence electrons. The van der Waals surface area contributed by atoms with Gasteiger partial charge in [0.2, 0.25) is 0 Å². The van der Waals surface area contributed by atoms with E-state index < -0.39 is 15.8 Å². The van der Waals surface area contributed by atoms with Crippen molar-refractivity contribution in [1.29, 1.82) is 0 Å². The molecule has 0 saturated heterocycles. The van der Waals surface area contributed by atoms with E-state index in [1.807, 2.05) is 0 Å². The quantitative estimate of drug-likeness (QED) is 0.847. The average Bonchev–Trinajstić information content (AvgIpc) is 2.54. The average molecular weight is 358 g/mol. The van der Waals surface area contributed by atoms with Gasteiger partial charge in [0.25, 0.3) is 10.0 Å². The maximum atomic E-state index is 13.5. The normalized spacial score (nSPS) is 14.1. The molecule has 1 aliphatic rings. The fourth-order valence-corrected chi connectivity index (χ4v) is 4.26. The molecule has 2 aromatic carbocycles. The van der Waals surface area contributed by atoms with Crippen LogP contribution < -0.4 is 13.8 Å². The van der Waals surface area contributed by atoms with Gasteiger partial charge in [-0.3, -0.25) is 4.31 Å². The summed E-state index contributed by atoms with van der Waals surface area (Å²) in [6.07, 6.45) is 0. The molecule has 2 aromatic rings. The Bertz CT molecular complexity index is 857. The fraction of sp³-hybridized carbons (Fsp3) is 0.200. The number of hydrogen-bond acceptors (Lipinski definition) is 4. The molecule has 8 heteroatoms. The number of hydrogen-bond donors (Lipinski definition) is 0.